The Morgan fingerprint density at radius 3 is 2.76 bits per heavy atom. The fraction of sp³-hybridized carbons (Fsp3) is 0.188. The van der Waals surface area contributed by atoms with E-state index in [2.05, 4.69) is 26.6 Å². The standard InChI is InChI=1S/C16H13BrClN3/c17-9-4-7-14-13(8-9)20-16(21(14)10-5-6-10)15-11(18)2-1-3-12(15)19/h1-4,7-8,10H,5-6,19H2. The maximum atomic E-state index is 6.38. The molecule has 1 aliphatic rings. The number of benzene rings is 2. The van der Waals surface area contributed by atoms with Gasteiger partial charge in [-0.05, 0) is 43.2 Å². The highest BCUT2D eigenvalue weighted by Crippen LogP contribution is 2.44. The van der Waals surface area contributed by atoms with Gasteiger partial charge in [0.2, 0.25) is 0 Å². The van der Waals surface area contributed by atoms with Crippen LogP contribution < -0.4 is 5.73 Å². The van der Waals surface area contributed by atoms with Crippen molar-refractivity contribution in [3.8, 4) is 11.4 Å². The second-order valence-corrected chi connectivity index (χ2v) is 6.70. The molecule has 1 saturated carbocycles. The monoisotopic (exact) mass is 361 g/mol. The Labute approximate surface area is 135 Å². The van der Waals surface area contributed by atoms with E-state index in [4.69, 9.17) is 22.3 Å². The number of hydrogen-bond acceptors (Lipinski definition) is 2. The van der Waals surface area contributed by atoms with Gasteiger partial charge in [-0.1, -0.05) is 33.6 Å². The minimum Gasteiger partial charge on any atom is -0.398 e. The van der Waals surface area contributed by atoms with Gasteiger partial charge in [-0.3, -0.25) is 0 Å². The maximum absolute atomic E-state index is 6.38. The number of nitrogens with zero attached hydrogens (tertiary/aromatic N) is 2. The first-order valence-electron chi connectivity index (χ1n) is 6.87. The van der Waals surface area contributed by atoms with Crippen molar-refractivity contribution in [3.63, 3.8) is 0 Å². The molecule has 1 fully saturated rings. The molecule has 2 aromatic carbocycles. The molecule has 0 spiro atoms. The van der Waals surface area contributed by atoms with Gasteiger partial charge in [-0.25, -0.2) is 4.98 Å². The summed E-state index contributed by atoms with van der Waals surface area (Å²) in [6.45, 7) is 0. The van der Waals surface area contributed by atoms with Crippen molar-refractivity contribution >= 4 is 44.3 Å². The average Bonchev–Trinajstić information content (AvgIpc) is 3.20. The Morgan fingerprint density at radius 1 is 1.24 bits per heavy atom. The van der Waals surface area contributed by atoms with Crippen LogP contribution in [0.4, 0.5) is 5.69 Å². The molecule has 106 valence electrons. The number of halogens is 2. The molecule has 4 rings (SSSR count). The van der Waals surface area contributed by atoms with Crippen molar-refractivity contribution < 1.29 is 0 Å². The quantitative estimate of drug-likeness (QED) is 0.649. The molecule has 0 bridgehead atoms. The molecule has 0 atom stereocenters. The van der Waals surface area contributed by atoms with Crippen molar-refractivity contribution in [2.45, 2.75) is 18.9 Å². The predicted octanol–water partition coefficient (Wildman–Crippen LogP) is 5.04. The third-order valence-corrected chi connectivity index (χ3v) is 4.64. The van der Waals surface area contributed by atoms with E-state index in [1.165, 1.54) is 12.8 Å². The SMILES string of the molecule is Nc1cccc(Cl)c1-c1nc2cc(Br)ccc2n1C1CC1. The zero-order chi connectivity index (χ0) is 14.6. The minimum absolute atomic E-state index is 0.502. The van der Waals surface area contributed by atoms with Crippen LogP contribution in [0.1, 0.15) is 18.9 Å². The van der Waals surface area contributed by atoms with Crippen LogP contribution >= 0.6 is 27.5 Å². The fourth-order valence-corrected chi connectivity index (χ4v) is 3.34. The third kappa shape index (κ3) is 2.14. The van der Waals surface area contributed by atoms with Crippen molar-refractivity contribution in [1.82, 2.24) is 9.55 Å². The largest absolute Gasteiger partial charge is 0.398 e. The highest BCUT2D eigenvalue weighted by Gasteiger charge is 2.29. The van der Waals surface area contributed by atoms with Gasteiger partial charge in [0, 0.05) is 16.2 Å². The molecule has 5 heteroatoms. The summed E-state index contributed by atoms with van der Waals surface area (Å²) in [6, 6.07) is 12.3. The molecule has 0 aliphatic heterocycles. The lowest BCUT2D eigenvalue weighted by atomic mass is 10.1. The Balaban J connectivity index is 2.06. The van der Waals surface area contributed by atoms with E-state index in [9.17, 15) is 0 Å². The average molecular weight is 363 g/mol. The first kappa shape index (κ1) is 13.2. The molecule has 0 unspecified atom stereocenters. The van der Waals surface area contributed by atoms with Crippen LogP contribution in [-0.2, 0) is 0 Å². The summed E-state index contributed by atoms with van der Waals surface area (Å²) in [5, 5.41) is 0.645. The number of hydrogen-bond donors (Lipinski definition) is 1. The van der Waals surface area contributed by atoms with Crippen LogP contribution in [0.25, 0.3) is 22.4 Å². The molecule has 1 aromatic heterocycles. The van der Waals surface area contributed by atoms with Crippen LogP contribution in [0, 0.1) is 0 Å². The van der Waals surface area contributed by atoms with Gasteiger partial charge in [0.15, 0.2) is 0 Å². The Morgan fingerprint density at radius 2 is 2.05 bits per heavy atom. The maximum Gasteiger partial charge on any atom is 0.144 e. The first-order valence-corrected chi connectivity index (χ1v) is 8.04. The normalized spacial score (nSPS) is 14.8. The van der Waals surface area contributed by atoms with E-state index < -0.39 is 0 Å². The van der Waals surface area contributed by atoms with Gasteiger partial charge < -0.3 is 10.3 Å². The number of rotatable bonds is 2. The van der Waals surface area contributed by atoms with E-state index in [0.29, 0.717) is 16.8 Å². The summed E-state index contributed by atoms with van der Waals surface area (Å²) in [5.41, 5.74) is 9.74. The number of fused-ring (bicyclic) bond motifs is 1. The van der Waals surface area contributed by atoms with E-state index in [0.717, 1.165) is 26.9 Å². The van der Waals surface area contributed by atoms with E-state index in [1.807, 2.05) is 30.3 Å². The van der Waals surface area contributed by atoms with E-state index in [1.54, 1.807) is 0 Å². The summed E-state index contributed by atoms with van der Waals surface area (Å²) >= 11 is 9.88. The molecule has 21 heavy (non-hydrogen) atoms. The molecular formula is C16H13BrClN3. The number of imidazole rings is 1. The molecule has 0 saturated heterocycles. The van der Waals surface area contributed by atoms with Gasteiger partial charge >= 0.3 is 0 Å². The highest BCUT2D eigenvalue weighted by molar-refractivity contribution is 9.10. The number of nitrogen functional groups attached to an aromatic ring is 1. The Bertz CT molecular complexity index is 832. The minimum atomic E-state index is 0.502. The van der Waals surface area contributed by atoms with Crippen molar-refractivity contribution in [3.05, 3.63) is 45.9 Å². The molecule has 3 aromatic rings. The fourth-order valence-electron chi connectivity index (χ4n) is 2.73. The lowest BCUT2D eigenvalue weighted by molar-refractivity contribution is 0.775. The van der Waals surface area contributed by atoms with Gasteiger partial charge in [0.05, 0.1) is 21.6 Å². The summed E-state index contributed by atoms with van der Waals surface area (Å²) in [6.07, 6.45) is 2.36. The van der Waals surface area contributed by atoms with Gasteiger partial charge in [0.1, 0.15) is 5.82 Å². The van der Waals surface area contributed by atoms with Gasteiger partial charge in [-0.15, -0.1) is 0 Å². The number of anilines is 1. The smallest absolute Gasteiger partial charge is 0.144 e. The van der Waals surface area contributed by atoms with Crippen LogP contribution in [0.15, 0.2) is 40.9 Å². The molecule has 1 heterocycles. The van der Waals surface area contributed by atoms with Crippen LogP contribution in [0.5, 0.6) is 0 Å². The van der Waals surface area contributed by atoms with Crippen LogP contribution in [0.2, 0.25) is 5.02 Å². The van der Waals surface area contributed by atoms with Crippen LogP contribution in [0.3, 0.4) is 0 Å². The topological polar surface area (TPSA) is 43.8 Å². The molecule has 1 aliphatic carbocycles. The van der Waals surface area contributed by atoms with Gasteiger partial charge in [-0.2, -0.15) is 0 Å². The predicted molar refractivity (Wildman–Crippen MR) is 90.6 cm³/mol. The third-order valence-electron chi connectivity index (χ3n) is 3.83. The number of aromatic nitrogens is 2. The first-order chi connectivity index (χ1) is 10.1. The Hall–Kier alpha value is -1.52. The summed E-state index contributed by atoms with van der Waals surface area (Å²) in [4.78, 5) is 4.80. The zero-order valence-electron chi connectivity index (χ0n) is 11.2. The van der Waals surface area contributed by atoms with Crippen LogP contribution in [-0.4, -0.2) is 9.55 Å². The summed E-state index contributed by atoms with van der Waals surface area (Å²) in [5.74, 6) is 0.869. The van der Waals surface area contributed by atoms with Gasteiger partial charge in [0.25, 0.3) is 0 Å². The summed E-state index contributed by atoms with van der Waals surface area (Å²) < 4.78 is 3.30. The molecule has 0 radical (unpaired) electrons. The molecule has 2 N–H and O–H groups in total. The lowest BCUT2D eigenvalue weighted by Crippen LogP contribution is -2.00. The van der Waals surface area contributed by atoms with E-state index >= 15 is 0 Å². The lowest BCUT2D eigenvalue weighted by Gasteiger charge is -2.11. The Kier molecular flexibility index (Phi) is 2.98. The van der Waals surface area contributed by atoms with Crippen molar-refractivity contribution in [1.29, 1.82) is 0 Å². The van der Waals surface area contributed by atoms with Crippen molar-refractivity contribution in [2.75, 3.05) is 5.73 Å². The second-order valence-electron chi connectivity index (χ2n) is 5.37. The summed E-state index contributed by atoms with van der Waals surface area (Å²) in [7, 11) is 0. The molecule has 0 amide bonds. The molecule has 3 nitrogen and oxygen atoms in total. The second kappa shape index (κ2) is 4.75. The van der Waals surface area contributed by atoms with Crippen molar-refractivity contribution in [2.24, 2.45) is 0 Å². The highest BCUT2D eigenvalue weighted by atomic mass is 79.9. The molecular weight excluding hydrogens is 350 g/mol. The zero-order valence-corrected chi connectivity index (χ0v) is 13.5. The van der Waals surface area contributed by atoms with E-state index in [-0.39, 0.29) is 0 Å². The number of nitrogens with two attached hydrogens (primary N) is 1.